The van der Waals surface area contributed by atoms with Gasteiger partial charge in [0.05, 0.1) is 16.8 Å². The molecule has 23 heavy (non-hydrogen) atoms. The van der Waals surface area contributed by atoms with Crippen LogP contribution < -0.4 is 5.48 Å². The number of aromatic nitrogens is 1. The summed E-state index contributed by atoms with van der Waals surface area (Å²) in [4.78, 5) is 16.8. The van der Waals surface area contributed by atoms with Crippen LogP contribution >= 0.6 is 11.6 Å². The molecule has 0 aliphatic carbocycles. The quantitative estimate of drug-likeness (QED) is 0.545. The number of carbonyl (C=O) groups excluding carboxylic acids is 1. The minimum atomic E-state index is -0.558. The summed E-state index contributed by atoms with van der Waals surface area (Å²) in [5, 5.41) is 10.4. The van der Waals surface area contributed by atoms with E-state index in [9.17, 15) is 4.79 Å². The van der Waals surface area contributed by atoms with Gasteiger partial charge >= 0.3 is 0 Å². The van der Waals surface area contributed by atoms with Crippen molar-refractivity contribution in [3.63, 3.8) is 0 Å². The maximum atomic E-state index is 12.1. The van der Waals surface area contributed by atoms with Crippen LogP contribution in [-0.4, -0.2) is 16.1 Å². The van der Waals surface area contributed by atoms with Gasteiger partial charge in [-0.25, -0.2) is 10.5 Å². The maximum Gasteiger partial charge on any atom is 0.275 e. The topological polar surface area (TPSA) is 62.2 Å². The normalized spacial score (nSPS) is 10.8. The predicted octanol–water partition coefficient (Wildman–Crippen LogP) is 4.29. The molecular weight excluding hydrogens is 312 g/mol. The third-order valence-electron chi connectivity index (χ3n) is 3.73. The molecular formula is C18H15ClN2O2. The molecule has 0 aliphatic rings. The Balaban J connectivity index is 2.33. The third-order valence-corrected chi connectivity index (χ3v) is 3.99. The predicted molar refractivity (Wildman–Crippen MR) is 90.9 cm³/mol. The molecule has 0 spiro atoms. The molecule has 2 N–H and O–H groups in total. The van der Waals surface area contributed by atoms with E-state index in [0.29, 0.717) is 21.7 Å². The van der Waals surface area contributed by atoms with Gasteiger partial charge in [-0.15, -0.1) is 0 Å². The number of halogens is 1. The van der Waals surface area contributed by atoms with Gasteiger partial charge in [-0.1, -0.05) is 35.4 Å². The second kappa shape index (κ2) is 5.99. The summed E-state index contributed by atoms with van der Waals surface area (Å²) in [6, 6.07) is 12.8. The Bertz CT molecular complexity index is 905. The lowest BCUT2D eigenvalue weighted by atomic mass is 9.99. The van der Waals surface area contributed by atoms with Gasteiger partial charge in [0.2, 0.25) is 0 Å². The van der Waals surface area contributed by atoms with Gasteiger partial charge in [-0.05, 0) is 43.7 Å². The number of amides is 1. The van der Waals surface area contributed by atoms with Crippen LogP contribution in [0.5, 0.6) is 0 Å². The summed E-state index contributed by atoms with van der Waals surface area (Å²) in [5.41, 5.74) is 6.34. The fourth-order valence-corrected chi connectivity index (χ4v) is 2.82. The Morgan fingerprint density at radius 2 is 1.83 bits per heavy atom. The van der Waals surface area contributed by atoms with Gasteiger partial charge in [-0.2, -0.15) is 0 Å². The first-order valence-electron chi connectivity index (χ1n) is 7.12. The summed E-state index contributed by atoms with van der Waals surface area (Å²) >= 11 is 5.92. The fourth-order valence-electron chi connectivity index (χ4n) is 2.70. The summed E-state index contributed by atoms with van der Waals surface area (Å²) in [6.07, 6.45) is 0. The van der Waals surface area contributed by atoms with Gasteiger partial charge in [0.15, 0.2) is 0 Å². The van der Waals surface area contributed by atoms with Crippen molar-refractivity contribution < 1.29 is 10.0 Å². The largest absolute Gasteiger partial charge is 0.288 e. The molecule has 1 heterocycles. The van der Waals surface area contributed by atoms with E-state index in [4.69, 9.17) is 16.8 Å². The first-order chi connectivity index (χ1) is 11.0. The lowest BCUT2D eigenvalue weighted by molar-refractivity contribution is 0.0708. The number of hydroxylamine groups is 1. The summed E-state index contributed by atoms with van der Waals surface area (Å²) in [7, 11) is 0. The second-order valence-corrected chi connectivity index (χ2v) is 5.92. The van der Waals surface area contributed by atoms with Gasteiger partial charge < -0.3 is 0 Å². The smallest absolute Gasteiger partial charge is 0.275 e. The van der Waals surface area contributed by atoms with Crippen molar-refractivity contribution >= 4 is 28.4 Å². The highest BCUT2D eigenvalue weighted by molar-refractivity contribution is 6.30. The Morgan fingerprint density at radius 1 is 1.13 bits per heavy atom. The number of rotatable bonds is 2. The molecule has 0 atom stereocenters. The number of hydrogen-bond acceptors (Lipinski definition) is 3. The molecule has 2 aromatic carbocycles. The highest BCUT2D eigenvalue weighted by atomic mass is 35.5. The molecule has 3 rings (SSSR count). The minimum absolute atomic E-state index is 0.384. The number of nitrogens with zero attached hydrogens (tertiary/aromatic N) is 1. The highest BCUT2D eigenvalue weighted by Gasteiger charge is 2.15. The second-order valence-electron chi connectivity index (χ2n) is 5.48. The van der Waals surface area contributed by atoms with E-state index in [0.717, 1.165) is 22.2 Å². The molecule has 4 nitrogen and oxygen atoms in total. The molecule has 0 saturated carbocycles. The van der Waals surface area contributed by atoms with Crippen LogP contribution in [0, 0.1) is 13.8 Å². The van der Waals surface area contributed by atoms with E-state index >= 15 is 0 Å². The number of hydrogen-bond donors (Lipinski definition) is 2. The number of benzene rings is 2. The molecule has 3 aromatic rings. The monoisotopic (exact) mass is 326 g/mol. The average molecular weight is 327 g/mol. The zero-order valence-corrected chi connectivity index (χ0v) is 13.5. The van der Waals surface area contributed by atoms with Crippen molar-refractivity contribution in [2.24, 2.45) is 0 Å². The summed E-state index contributed by atoms with van der Waals surface area (Å²) < 4.78 is 0. The van der Waals surface area contributed by atoms with Crippen molar-refractivity contribution in [2.75, 3.05) is 0 Å². The standard InChI is InChI=1S/C18H15ClN2O2/c1-10-7-11(2)17-14(8-10)15(18(22)21-23)9-16(20-17)12-3-5-13(19)6-4-12/h3-9,23H,1-2H3,(H,21,22). The lowest BCUT2D eigenvalue weighted by Gasteiger charge is -2.11. The van der Waals surface area contributed by atoms with E-state index in [-0.39, 0.29) is 0 Å². The van der Waals surface area contributed by atoms with Crippen molar-refractivity contribution in [1.82, 2.24) is 10.5 Å². The van der Waals surface area contributed by atoms with Gasteiger partial charge in [0, 0.05) is 16.0 Å². The van der Waals surface area contributed by atoms with Crippen molar-refractivity contribution in [2.45, 2.75) is 13.8 Å². The van der Waals surface area contributed by atoms with Gasteiger partial charge in [0.25, 0.3) is 5.91 Å². The molecule has 5 heteroatoms. The van der Waals surface area contributed by atoms with Crippen LogP contribution in [0.4, 0.5) is 0 Å². The Kier molecular flexibility index (Phi) is 4.03. The zero-order chi connectivity index (χ0) is 16.6. The number of aryl methyl sites for hydroxylation is 2. The van der Waals surface area contributed by atoms with E-state index in [1.807, 2.05) is 38.1 Å². The number of nitrogens with one attached hydrogen (secondary N) is 1. The molecule has 0 saturated heterocycles. The molecule has 0 aliphatic heterocycles. The van der Waals surface area contributed by atoms with Crippen LogP contribution in [0.25, 0.3) is 22.2 Å². The van der Waals surface area contributed by atoms with Crippen LogP contribution in [-0.2, 0) is 0 Å². The van der Waals surface area contributed by atoms with Crippen LogP contribution in [0.3, 0.4) is 0 Å². The average Bonchev–Trinajstić information content (AvgIpc) is 2.54. The van der Waals surface area contributed by atoms with E-state index in [2.05, 4.69) is 4.98 Å². The van der Waals surface area contributed by atoms with Gasteiger partial charge in [0.1, 0.15) is 0 Å². The summed E-state index contributed by atoms with van der Waals surface area (Å²) in [5.74, 6) is -0.558. The maximum absolute atomic E-state index is 12.1. The number of fused-ring (bicyclic) bond motifs is 1. The SMILES string of the molecule is Cc1cc(C)c2nc(-c3ccc(Cl)cc3)cc(C(=O)NO)c2c1. The van der Waals surface area contributed by atoms with Crippen LogP contribution in [0.1, 0.15) is 21.5 Å². The van der Waals surface area contributed by atoms with Crippen molar-refractivity contribution in [3.05, 3.63) is 64.2 Å². The Labute approximate surface area is 138 Å². The third kappa shape index (κ3) is 2.91. The summed E-state index contributed by atoms with van der Waals surface area (Å²) in [6.45, 7) is 3.91. The fraction of sp³-hybridized carbons (Fsp3) is 0.111. The first kappa shape index (κ1) is 15.5. The molecule has 0 radical (unpaired) electrons. The first-order valence-corrected chi connectivity index (χ1v) is 7.50. The molecule has 1 aromatic heterocycles. The molecule has 1 amide bonds. The Hall–Kier alpha value is -2.43. The van der Waals surface area contributed by atoms with Crippen molar-refractivity contribution in [3.8, 4) is 11.3 Å². The molecule has 0 unspecified atom stereocenters. The van der Waals surface area contributed by atoms with Crippen LogP contribution in [0.15, 0.2) is 42.5 Å². The van der Waals surface area contributed by atoms with E-state index in [1.54, 1.807) is 23.7 Å². The van der Waals surface area contributed by atoms with Crippen molar-refractivity contribution in [1.29, 1.82) is 0 Å². The minimum Gasteiger partial charge on any atom is -0.288 e. The molecule has 116 valence electrons. The molecule has 0 bridgehead atoms. The van der Waals surface area contributed by atoms with E-state index in [1.165, 1.54) is 0 Å². The zero-order valence-electron chi connectivity index (χ0n) is 12.7. The van der Waals surface area contributed by atoms with Gasteiger partial charge in [-0.3, -0.25) is 10.0 Å². The highest BCUT2D eigenvalue weighted by Crippen LogP contribution is 2.28. The Morgan fingerprint density at radius 3 is 2.48 bits per heavy atom. The number of carbonyl (C=O) groups is 1. The van der Waals surface area contributed by atoms with Crippen LogP contribution in [0.2, 0.25) is 5.02 Å². The molecule has 0 fully saturated rings. The lowest BCUT2D eigenvalue weighted by Crippen LogP contribution is -2.19. The number of pyridine rings is 1. The van der Waals surface area contributed by atoms with E-state index < -0.39 is 5.91 Å².